The number of ether oxygens (including phenoxy) is 1. The number of anilines is 1. The van der Waals surface area contributed by atoms with Crippen molar-refractivity contribution in [1.29, 1.82) is 0 Å². The fraction of sp³-hybridized carbons (Fsp3) is 0.308. The molecule has 6 nitrogen and oxygen atoms in total. The molecule has 0 fully saturated rings. The maximum atomic E-state index is 5.34. The standard InChI is InChI=1S/C25H29N5OS.CH4/c1-5-30(16-15-29-13-7-6-8-14-29)20-9-11-22(19(2)17-20)26-27-25-28(3)23-12-10-21(31-4)18-24(23)32-25;/h6-14,17-18H,5,15-16H2,1-4H3;1H4/q+2;. The van der Waals surface area contributed by atoms with Gasteiger partial charge in [-0.05, 0) is 66.2 Å². The van der Waals surface area contributed by atoms with Gasteiger partial charge in [-0.15, -0.1) is 0 Å². The lowest BCUT2D eigenvalue weighted by Crippen LogP contribution is -2.40. The van der Waals surface area contributed by atoms with E-state index in [9.17, 15) is 0 Å². The number of methoxy groups -OCH3 is 1. The fourth-order valence-corrected chi connectivity index (χ4v) is 4.67. The van der Waals surface area contributed by atoms with Crippen LogP contribution in [0.2, 0.25) is 0 Å². The summed E-state index contributed by atoms with van der Waals surface area (Å²) in [5.74, 6) is 0.848. The number of rotatable bonds is 8. The van der Waals surface area contributed by atoms with E-state index in [1.54, 1.807) is 18.4 Å². The molecule has 0 radical (unpaired) electrons. The van der Waals surface area contributed by atoms with Gasteiger partial charge in [0.25, 0.3) is 0 Å². The summed E-state index contributed by atoms with van der Waals surface area (Å²) in [6.45, 7) is 7.13. The number of aromatic nitrogens is 2. The first-order valence-corrected chi connectivity index (χ1v) is 11.6. The minimum atomic E-state index is 0. The largest absolute Gasteiger partial charge is 0.497 e. The van der Waals surface area contributed by atoms with E-state index in [1.807, 2.05) is 25.2 Å². The third-order valence-corrected chi connectivity index (χ3v) is 6.68. The number of hydrogen-bond acceptors (Lipinski definition) is 5. The fourth-order valence-electron chi connectivity index (χ4n) is 3.67. The Morgan fingerprint density at radius 2 is 1.82 bits per heavy atom. The molecule has 0 unspecified atom stereocenters. The molecule has 0 spiro atoms. The number of likely N-dealkylation sites (N-methyl/N-ethyl adjacent to an activating group) is 1. The van der Waals surface area contributed by atoms with E-state index in [0.717, 1.165) is 52.0 Å². The van der Waals surface area contributed by atoms with Crippen molar-refractivity contribution in [3.8, 4) is 5.75 Å². The van der Waals surface area contributed by atoms with Crippen LogP contribution >= 0.6 is 11.3 Å². The lowest BCUT2D eigenvalue weighted by molar-refractivity contribution is -0.694. The number of nitrogens with zero attached hydrogens (tertiary/aromatic N) is 5. The third-order valence-electron chi connectivity index (χ3n) is 5.59. The Labute approximate surface area is 200 Å². The Bertz CT molecular complexity index is 1240. The van der Waals surface area contributed by atoms with Gasteiger partial charge in [-0.3, -0.25) is 0 Å². The molecule has 0 amide bonds. The molecule has 4 rings (SSSR count). The molecule has 0 aliphatic rings. The lowest BCUT2D eigenvalue weighted by Gasteiger charge is -2.22. The van der Waals surface area contributed by atoms with Crippen LogP contribution in [0.3, 0.4) is 0 Å². The first-order valence-electron chi connectivity index (χ1n) is 10.8. The summed E-state index contributed by atoms with van der Waals surface area (Å²) in [5.41, 5.74) is 4.33. The number of aryl methyl sites for hydroxylation is 2. The molecule has 7 heteroatoms. The van der Waals surface area contributed by atoms with Crippen molar-refractivity contribution in [3.63, 3.8) is 0 Å². The van der Waals surface area contributed by atoms with Crippen molar-refractivity contribution in [2.75, 3.05) is 25.1 Å². The van der Waals surface area contributed by atoms with Gasteiger partial charge in [-0.25, -0.2) is 9.13 Å². The van der Waals surface area contributed by atoms with Crippen LogP contribution in [0.25, 0.3) is 10.2 Å². The molecule has 4 aromatic rings. The zero-order chi connectivity index (χ0) is 22.5. The summed E-state index contributed by atoms with van der Waals surface area (Å²) in [7, 11) is 3.70. The molecule has 0 aliphatic carbocycles. The number of fused-ring (bicyclic) bond motifs is 1. The van der Waals surface area contributed by atoms with Crippen LogP contribution in [-0.4, -0.2) is 20.2 Å². The van der Waals surface area contributed by atoms with Gasteiger partial charge in [0.05, 0.1) is 30.5 Å². The predicted octanol–water partition coefficient (Wildman–Crippen LogP) is 5.91. The normalized spacial score (nSPS) is 11.0. The van der Waals surface area contributed by atoms with Crippen molar-refractivity contribution in [1.82, 2.24) is 0 Å². The van der Waals surface area contributed by atoms with Crippen molar-refractivity contribution in [2.24, 2.45) is 17.3 Å². The van der Waals surface area contributed by atoms with E-state index < -0.39 is 0 Å². The highest BCUT2D eigenvalue weighted by Crippen LogP contribution is 2.31. The van der Waals surface area contributed by atoms with Crippen LogP contribution in [0.4, 0.5) is 16.5 Å². The quantitative estimate of drug-likeness (QED) is 0.241. The molecule has 0 aliphatic heterocycles. The Morgan fingerprint density at radius 3 is 2.52 bits per heavy atom. The van der Waals surface area contributed by atoms with Crippen LogP contribution < -0.4 is 18.8 Å². The number of hydrogen-bond donors (Lipinski definition) is 0. The summed E-state index contributed by atoms with van der Waals surface area (Å²) in [6, 6.07) is 18.6. The number of thiazole rings is 1. The molecule has 0 bridgehead atoms. The first-order chi connectivity index (χ1) is 15.6. The molecular formula is C26H33N5OS+2. The number of benzene rings is 2. The minimum Gasteiger partial charge on any atom is -0.497 e. The van der Waals surface area contributed by atoms with Crippen molar-refractivity contribution >= 4 is 38.1 Å². The predicted molar refractivity (Wildman–Crippen MR) is 136 cm³/mol. The van der Waals surface area contributed by atoms with Gasteiger partial charge in [0.2, 0.25) is 0 Å². The zero-order valence-corrected chi connectivity index (χ0v) is 19.8. The van der Waals surface area contributed by atoms with E-state index in [2.05, 4.69) is 86.9 Å². The Morgan fingerprint density at radius 1 is 1.03 bits per heavy atom. The Kier molecular flexibility index (Phi) is 8.11. The molecule has 0 N–H and O–H groups in total. The van der Waals surface area contributed by atoms with Gasteiger partial charge in [0.15, 0.2) is 18.9 Å². The van der Waals surface area contributed by atoms with E-state index >= 15 is 0 Å². The van der Waals surface area contributed by atoms with E-state index in [4.69, 9.17) is 4.74 Å². The van der Waals surface area contributed by atoms with Gasteiger partial charge < -0.3 is 9.64 Å². The number of azo groups is 1. The Balaban J connectivity index is 0.00000306. The highest BCUT2D eigenvalue weighted by molar-refractivity contribution is 7.21. The van der Waals surface area contributed by atoms with Gasteiger partial charge in [-0.2, -0.15) is 0 Å². The van der Waals surface area contributed by atoms with Crippen molar-refractivity contribution < 1.29 is 13.9 Å². The van der Waals surface area contributed by atoms with E-state index in [1.165, 1.54) is 5.69 Å². The first kappa shape index (κ1) is 24.3. The van der Waals surface area contributed by atoms with Crippen LogP contribution in [0.15, 0.2) is 77.2 Å². The Hall–Kier alpha value is -3.32. The van der Waals surface area contributed by atoms with Crippen molar-refractivity contribution in [3.05, 3.63) is 72.6 Å². The van der Waals surface area contributed by atoms with Gasteiger partial charge in [0.1, 0.15) is 17.0 Å². The van der Waals surface area contributed by atoms with Crippen molar-refractivity contribution in [2.45, 2.75) is 27.8 Å². The topological polar surface area (TPSA) is 45.0 Å². The molecule has 2 aromatic carbocycles. The van der Waals surface area contributed by atoms with Crippen LogP contribution in [0.5, 0.6) is 5.75 Å². The molecule has 33 heavy (non-hydrogen) atoms. The summed E-state index contributed by atoms with van der Waals surface area (Å²) < 4.78 is 10.7. The lowest BCUT2D eigenvalue weighted by atomic mass is 10.1. The van der Waals surface area contributed by atoms with Crippen LogP contribution in [0, 0.1) is 6.92 Å². The molecule has 2 aromatic heterocycles. The second-order valence-electron chi connectivity index (χ2n) is 7.64. The van der Waals surface area contributed by atoms with Gasteiger partial charge in [-0.1, -0.05) is 13.5 Å². The molecular weight excluding hydrogens is 430 g/mol. The van der Waals surface area contributed by atoms with Crippen LogP contribution in [-0.2, 0) is 13.6 Å². The second kappa shape index (κ2) is 11.0. The smallest absolute Gasteiger partial charge is 0.409 e. The van der Waals surface area contributed by atoms with E-state index in [-0.39, 0.29) is 7.43 Å². The summed E-state index contributed by atoms with van der Waals surface area (Å²) in [5, 5.41) is 9.96. The molecule has 0 saturated carbocycles. The second-order valence-corrected chi connectivity index (χ2v) is 8.65. The summed E-state index contributed by atoms with van der Waals surface area (Å²) >= 11 is 1.61. The zero-order valence-electron chi connectivity index (χ0n) is 19.0. The molecule has 172 valence electrons. The molecule has 0 atom stereocenters. The summed E-state index contributed by atoms with van der Waals surface area (Å²) in [4.78, 5) is 2.38. The van der Waals surface area contributed by atoms with Gasteiger partial charge in [0, 0.05) is 30.4 Å². The van der Waals surface area contributed by atoms with E-state index in [0.29, 0.717) is 0 Å². The maximum Gasteiger partial charge on any atom is 0.409 e. The SMILES string of the molecule is C.CCN(CC[n+]1ccccc1)c1ccc(N=Nc2sc3cc(OC)ccc3[n+]2C)c(C)c1. The minimum absolute atomic E-state index is 0. The number of pyridine rings is 1. The highest BCUT2D eigenvalue weighted by Gasteiger charge is 2.17. The average Bonchev–Trinajstić information content (AvgIpc) is 3.14. The molecule has 0 saturated heterocycles. The average molecular weight is 464 g/mol. The third kappa shape index (κ3) is 5.54. The monoisotopic (exact) mass is 463 g/mol. The maximum absolute atomic E-state index is 5.34. The van der Waals surface area contributed by atoms with Gasteiger partial charge >= 0.3 is 5.13 Å². The highest BCUT2D eigenvalue weighted by atomic mass is 32.1. The summed E-state index contributed by atoms with van der Waals surface area (Å²) in [6.07, 6.45) is 4.21. The molecule has 2 heterocycles. The van der Waals surface area contributed by atoms with Crippen LogP contribution in [0.1, 0.15) is 19.9 Å².